The van der Waals surface area contributed by atoms with Crippen LogP contribution in [0.2, 0.25) is 0 Å². The van der Waals surface area contributed by atoms with Gasteiger partial charge in [-0.25, -0.2) is 0 Å². The molecule has 1 heterocycles. The highest BCUT2D eigenvalue weighted by molar-refractivity contribution is 7.12. The summed E-state index contributed by atoms with van der Waals surface area (Å²) in [6.07, 6.45) is 5.41. The van der Waals surface area contributed by atoms with Gasteiger partial charge in [-0.15, -0.1) is 11.3 Å². The first-order chi connectivity index (χ1) is 6.68. The Morgan fingerprint density at radius 1 is 1.36 bits per heavy atom. The molecule has 0 saturated heterocycles. The summed E-state index contributed by atoms with van der Waals surface area (Å²) in [7, 11) is 0. The predicted molar refractivity (Wildman–Crippen MR) is 62.7 cm³/mol. The maximum atomic E-state index is 6.32. The van der Waals surface area contributed by atoms with Gasteiger partial charge in [0.1, 0.15) is 0 Å². The maximum absolute atomic E-state index is 6.32. The molecule has 2 heteroatoms. The van der Waals surface area contributed by atoms with Crippen LogP contribution in [0.1, 0.15) is 47.0 Å². The summed E-state index contributed by atoms with van der Waals surface area (Å²) in [6, 6.07) is 2.57. The number of thiophene rings is 1. The van der Waals surface area contributed by atoms with Gasteiger partial charge in [-0.3, -0.25) is 0 Å². The molecule has 2 rings (SSSR count). The SMILES string of the molecule is Cc1cc(C(N)C2CCCC2)c(C)s1. The first-order valence-electron chi connectivity index (χ1n) is 5.51. The van der Waals surface area contributed by atoms with E-state index in [0.717, 1.165) is 5.92 Å². The molecule has 0 spiro atoms. The van der Waals surface area contributed by atoms with E-state index in [1.807, 2.05) is 11.3 Å². The number of nitrogens with two attached hydrogens (primary N) is 1. The third kappa shape index (κ3) is 1.86. The highest BCUT2D eigenvalue weighted by Gasteiger charge is 2.24. The van der Waals surface area contributed by atoms with Crippen molar-refractivity contribution >= 4 is 11.3 Å². The first kappa shape index (κ1) is 10.2. The van der Waals surface area contributed by atoms with Crippen LogP contribution in [0, 0.1) is 19.8 Å². The molecule has 0 aromatic carbocycles. The normalized spacial score (nSPS) is 20.2. The third-order valence-corrected chi connectivity index (χ3v) is 4.33. The predicted octanol–water partition coefficient (Wildman–Crippen LogP) is 3.55. The van der Waals surface area contributed by atoms with Gasteiger partial charge in [0.05, 0.1) is 0 Å². The van der Waals surface area contributed by atoms with E-state index < -0.39 is 0 Å². The fourth-order valence-corrected chi connectivity index (χ4v) is 3.53. The molecule has 0 amide bonds. The molecule has 0 bridgehead atoms. The Morgan fingerprint density at radius 3 is 2.50 bits per heavy atom. The molecule has 1 atom stereocenters. The molecule has 1 aliphatic carbocycles. The van der Waals surface area contributed by atoms with Crippen molar-refractivity contribution in [1.29, 1.82) is 0 Å². The van der Waals surface area contributed by atoms with E-state index in [4.69, 9.17) is 5.73 Å². The number of aryl methyl sites for hydroxylation is 2. The molecule has 1 unspecified atom stereocenters. The number of rotatable bonds is 2. The minimum atomic E-state index is 0.294. The van der Waals surface area contributed by atoms with Crippen LogP contribution in [0.25, 0.3) is 0 Å². The molecule has 14 heavy (non-hydrogen) atoms. The highest BCUT2D eigenvalue weighted by Crippen LogP contribution is 2.37. The summed E-state index contributed by atoms with van der Waals surface area (Å²) >= 11 is 1.88. The van der Waals surface area contributed by atoms with E-state index in [9.17, 15) is 0 Å². The van der Waals surface area contributed by atoms with Gasteiger partial charge < -0.3 is 5.73 Å². The Bertz CT molecular complexity index is 310. The summed E-state index contributed by atoms with van der Waals surface area (Å²) in [5.74, 6) is 0.739. The van der Waals surface area contributed by atoms with Crippen molar-refractivity contribution in [3.05, 3.63) is 21.4 Å². The van der Waals surface area contributed by atoms with Crippen LogP contribution in [0.15, 0.2) is 6.07 Å². The zero-order valence-corrected chi connectivity index (χ0v) is 9.86. The largest absolute Gasteiger partial charge is 0.324 e. The molecule has 1 nitrogen and oxygen atoms in total. The van der Waals surface area contributed by atoms with Gasteiger partial charge in [-0.1, -0.05) is 12.8 Å². The molecule has 1 aromatic rings. The van der Waals surface area contributed by atoms with Crippen LogP contribution in [0.3, 0.4) is 0 Å². The van der Waals surface area contributed by atoms with E-state index in [2.05, 4.69) is 19.9 Å². The van der Waals surface area contributed by atoms with E-state index in [1.54, 1.807) is 0 Å². The van der Waals surface area contributed by atoms with E-state index >= 15 is 0 Å². The summed E-state index contributed by atoms with van der Waals surface area (Å²) in [4.78, 5) is 2.81. The first-order valence-corrected chi connectivity index (χ1v) is 6.32. The van der Waals surface area contributed by atoms with Gasteiger partial charge in [-0.2, -0.15) is 0 Å². The highest BCUT2D eigenvalue weighted by atomic mass is 32.1. The summed E-state index contributed by atoms with van der Waals surface area (Å²) < 4.78 is 0. The smallest absolute Gasteiger partial charge is 0.0334 e. The van der Waals surface area contributed by atoms with Crippen molar-refractivity contribution in [2.24, 2.45) is 11.7 Å². The second-order valence-corrected chi connectivity index (χ2v) is 5.90. The number of hydrogen-bond donors (Lipinski definition) is 1. The van der Waals surface area contributed by atoms with Crippen molar-refractivity contribution in [2.75, 3.05) is 0 Å². The van der Waals surface area contributed by atoms with Gasteiger partial charge in [-0.05, 0) is 44.2 Å². The molecule has 0 aliphatic heterocycles. The minimum absolute atomic E-state index is 0.294. The lowest BCUT2D eigenvalue weighted by molar-refractivity contribution is 0.444. The topological polar surface area (TPSA) is 26.0 Å². The molecular weight excluding hydrogens is 190 g/mol. The van der Waals surface area contributed by atoms with Crippen LogP contribution in [0.4, 0.5) is 0 Å². The Hall–Kier alpha value is -0.340. The minimum Gasteiger partial charge on any atom is -0.324 e. The zero-order valence-electron chi connectivity index (χ0n) is 9.05. The number of hydrogen-bond acceptors (Lipinski definition) is 2. The van der Waals surface area contributed by atoms with E-state index in [-0.39, 0.29) is 0 Å². The van der Waals surface area contributed by atoms with Gasteiger partial charge in [0.15, 0.2) is 0 Å². The molecule has 78 valence electrons. The summed E-state index contributed by atoms with van der Waals surface area (Å²) in [5, 5.41) is 0. The van der Waals surface area contributed by atoms with Crippen LogP contribution < -0.4 is 5.73 Å². The van der Waals surface area contributed by atoms with Crippen LogP contribution in [0.5, 0.6) is 0 Å². The maximum Gasteiger partial charge on any atom is 0.0334 e. The van der Waals surface area contributed by atoms with Crippen LogP contribution in [-0.4, -0.2) is 0 Å². The van der Waals surface area contributed by atoms with Gasteiger partial charge >= 0.3 is 0 Å². The monoisotopic (exact) mass is 209 g/mol. The fourth-order valence-electron chi connectivity index (χ4n) is 2.55. The van der Waals surface area contributed by atoms with Gasteiger partial charge in [0.2, 0.25) is 0 Å². The lowest BCUT2D eigenvalue weighted by atomic mass is 9.93. The Morgan fingerprint density at radius 2 is 2.00 bits per heavy atom. The lowest BCUT2D eigenvalue weighted by Crippen LogP contribution is -2.19. The molecule has 1 aromatic heterocycles. The quantitative estimate of drug-likeness (QED) is 0.792. The molecule has 1 saturated carbocycles. The Kier molecular flexibility index (Phi) is 2.93. The molecule has 1 aliphatic rings. The summed E-state index contributed by atoms with van der Waals surface area (Å²) in [5.41, 5.74) is 7.72. The average molecular weight is 209 g/mol. The standard InChI is InChI=1S/C12H19NS/c1-8-7-11(9(2)14-8)12(13)10-5-3-4-6-10/h7,10,12H,3-6,13H2,1-2H3. The van der Waals surface area contributed by atoms with Crippen LogP contribution in [-0.2, 0) is 0 Å². The third-order valence-electron chi connectivity index (χ3n) is 3.35. The van der Waals surface area contributed by atoms with Crippen molar-refractivity contribution in [1.82, 2.24) is 0 Å². The summed E-state index contributed by atoms with van der Waals surface area (Å²) in [6.45, 7) is 4.37. The van der Waals surface area contributed by atoms with Crippen molar-refractivity contribution in [3.63, 3.8) is 0 Å². The molecule has 1 fully saturated rings. The average Bonchev–Trinajstić information content (AvgIpc) is 2.73. The van der Waals surface area contributed by atoms with E-state index in [0.29, 0.717) is 6.04 Å². The van der Waals surface area contributed by atoms with Crippen molar-refractivity contribution in [3.8, 4) is 0 Å². The van der Waals surface area contributed by atoms with Crippen molar-refractivity contribution in [2.45, 2.75) is 45.6 Å². The zero-order chi connectivity index (χ0) is 10.1. The van der Waals surface area contributed by atoms with E-state index in [1.165, 1.54) is 41.0 Å². The molecule has 0 radical (unpaired) electrons. The Labute approximate surface area is 90.3 Å². The molecule has 2 N–H and O–H groups in total. The fraction of sp³-hybridized carbons (Fsp3) is 0.667. The molecular formula is C12H19NS. The van der Waals surface area contributed by atoms with Crippen molar-refractivity contribution < 1.29 is 0 Å². The van der Waals surface area contributed by atoms with Gasteiger partial charge in [0, 0.05) is 15.8 Å². The van der Waals surface area contributed by atoms with Gasteiger partial charge in [0.25, 0.3) is 0 Å². The lowest BCUT2D eigenvalue weighted by Gasteiger charge is -2.18. The Balaban J connectivity index is 2.17. The second-order valence-electron chi connectivity index (χ2n) is 4.44. The second kappa shape index (κ2) is 4.03. The van der Waals surface area contributed by atoms with Crippen LogP contribution >= 0.6 is 11.3 Å².